The highest BCUT2D eigenvalue weighted by Crippen LogP contribution is 2.55. The molecule has 5 rings (SSSR count). The number of fused-ring (bicyclic) bond motifs is 3. The summed E-state index contributed by atoms with van der Waals surface area (Å²) in [6.07, 6.45) is 27.3. The van der Waals surface area contributed by atoms with E-state index in [4.69, 9.17) is 16.1 Å². The second-order valence-electron chi connectivity index (χ2n) is 9.81. The van der Waals surface area contributed by atoms with Gasteiger partial charge in [0.25, 0.3) is 0 Å². The van der Waals surface area contributed by atoms with Gasteiger partial charge in [0.2, 0.25) is 0 Å². The van der Waals surface area contributed by atoms with E-state index in [0.29, 0.717) is 5.76 Å². The third-order valence-electron chi connectivity index (χ3n) is 7.53. The highest BCUT2D eigenvalue weighted by Gasteiger charge is 2.44. The summed E-state index contributed by atoms with van der Waals surface area (Å²) >= 11 is 0. The topological polar surface area (TPSA) is 42.5 Å². The Labute approximate surface area is 226 Å². The van der Waals surface area contributed by atoms with Crippen molar-refractivity contribution in [3.05, 3.63) is 155 Å². The van der Waals surface area contributed by atoms with Crippen molar-refractivity contribution in [2.75, 3.05) is 7.05 Å². The molecule has 194 valence electrons. The molecule has 2 unspecified atom stereocenters. The number of nitrogens with one attached hydrogen (secondary N) is 2. The van der Waals surface area contributed by atoms with Gasteiger partial charge in [0.15, 0.2) is 6.23 Å². The van der Waals surface area contributed by atoms with Gasteiger partial charge in [-0.05, 0) is 73.6 Å². The van der Waals surface area contributed by atoms with Crippen molar-refractivity contribution in [2.24, 2.45) is 5.41 Å². The van der Waals surface area contributed by atoms with E-state index in [-0.39, 0.29) is 0 Å². The van der Waals surface area contributed by atoms with Crippen LogP contribution in [0.4, 0.5) is 0 Å². The molecule has 1 spiro atoms. The Hall–Kier alpha value is -3.86. The minimum atomic E-state index is -0.453. The molecule has 4 aliphatic rings. The van der Waals surface area contributed by atoms with Crippen molar-refractivity contribution < 1.29 is 9.47 Å². The summed E-state index contributed by atoms with van der Waals surface area (Å²) in [5.74, 6) is 1.51. The largest absolute Gasteiger partial charge is 0.470 e. The SMILES string of the molecule is C=C1/C=C\CCC2(C(=C)/C=C(OC(NNC)c3ccccc3)\C=C/OC3=CC=CCC=C32)C2=C1C=CCC2. The van der Waals surface area contributed by atoms with E-state index >= 15 is 0 Å². The minimum absolute atomic E-state index is 0.402. The zero-order valence-electron chi connectivity index (χ0n) is 22.1. The Bertz CT molecular complexity index is 1330. The first-order valence-electron chi connectivity index (χ1n) is 13.4. The predicted octanol–water partition coefficient (Wildman–Crippen LogP) is 7.72. The van der Waals surface area contributed by atoms with Gasteiger partial charge in [-0.1, -0.05) is 86.0 Å². The van der Waals surface area contributed by atoms with Crippen LogP contribution < -0.4 is 10.9 Å². The van der Waals surface area contributed by atoms with Gasteiger partial charge in [-0.15, -0.1) is 0 Å². The molecule has 1 aromatic rings. The van der Waals surface area contributed by atoms with Gasteiger partial charge in [0.1, 0.15) is 11.5 Å². The predicted molar refractivity (Wildman–Crippen MR) is 155 cm³/mol. The lowest BCUT2D eigenvalue weighted by atomic mass is 9.61. The number of ether oxygens (including phenoxy) is 2. The summed E-state index contributed by atoms with van der Waals surface area (Å²) in [7, 11) is 1.84. The fourth-order valence-electron chi connectivity index (χ4n) is 5.76. The van der Waals surface area contributed by atoms with E-state index in [1.54, 1.807) is 6.26 Å². The second kappa shape index (κ2) is 11.7. The Morgan fingerprint density at radius 2 is 1.87 bits per heavy atom. The number of hydrazine groups is 1. The van der Waals surface area contributed by atoms with Crippen LogP contribution in [0.25, 0.3) is 0 Å². The van der Waals surface area contributed by atoms with Gasteiger partial charge in [0.05, 0.1) is 6.26 Å². The Morgan fingerprint density at radius 1 is 1.03 bits per heavy atom. The first-order chi connectivity index (χ1) is 18.6. The number of rotatable bonds is 5. The number of benzene rings is 1. The quantitative estimate of drug-likeness (QED) is 0.318. The van der Waals surface area contributed by atoms with E-state index in [1.165, 1.54) is 11.1 Å². The molecule has 1 aromatic carbocycles. The molecule has 0 saturated heterocycles. The van der Waals surface area contributed by atoms with Gasteiger partial charge in [-0.2, -0.15) is 0 Å². The first kappa shape index (κ1) is 25.8. The maximum Gasteiger partial charge on any atom is 0.188 e. The third kappa shape index (κ3) is 5.10. The smallest absolute Gasteiger partial charge is 0.188 e. The molecular formula is C34H36N2O2. The summed E-state index contributed by atoms with van der Waals surface area (Å²) in [5.41, 5.74) is 12.6. The average Bonchev–Trinajstić information content (AvgIpc) is 3.15. The lowest BCUT2D eigenvalue weighted by Crippen LogP contribution is -2.34. The molecule has 1 heterocycles. The maximum absolute atomic E-state index is 6.55. The van der Waals surface area contributed by atoms with Crippen LogP contribution in [0.15, 0.2) is 150 Å². The van der Waals surface area contributed by atoms with Gasteiger partial charge in [-0.25, -0.2) is 5.43 Å². The summed E-state index contributed by atoms with van der Waals surface area (Å²) < 4.78 is 12.9. The first-order valence-corrected chi connectivity index (χ1v) is 13.4. The lowest BCUT2D eigenvalue weighted by molar-refractivity contribution is 0.0822. The van der Waals surface area contributed by atoms with Crippen LogP contribution in [0.5, 0.6) is 0 Å². The minimum Gasteiger partial charge on any atom is -0.470 e. The molecule has 1 aliphatic heterocycles. The summed E-state index contributed by atoms with van der Waals surface area (Å²) in [5, 5.41) is 0. The van der Waals surface area contributed by atoms with Crippen molar-refractivity contribution >= 4 is 0 Å². The molecule has 4 nitrogen and oxygen atoms in total. The van der Waals surface area contributed by atoms with E-state index in [1.807, 2.05) is 43.5 Å². The van der Waals surface area contributed by atoms with Crippen LogP contribution in [-0.4, -0.2) is 7.05 Å². The zero-order chi connectivity index (χ0) is 26.4. The maximum atomic E-state index is 6.55. The molecule has 0 amide bonds. The van der Waals surface area contributed by atoms with Gasteiger partial charge < -0.3 is 9.47 Å². The molecule has 0 aromatic heterocycles. The molecule has 0 radical (unpaired) electrons. The van der Waals surface area contributed by atoms with E-state index in [0.717, 1.165) is 60.1 Å². The van der Waals surface area contributed by atoms with Crippen molar-refractivity contribution in [1.82, 2.24) is 10.9 Å². The number of allylic oxidation sites excluding steroid dienone is 15. The number of hydrogen-bond acceptors (Lipinski definition) is 4. The van der Waals surface area contributed by atoms with Crippen molar-refractivity contribution in [1.29, 1.82) is 0 Å². The van der Waals surface area contributed by atoms with E-state index in [9.17, 15) is 0 Å². The van der Waals surface area contributed by atoms with Crippen molar-refractivity contribution in [3.63, 3.8) is 0 Å². The van der Waals surface area contributed by atoms with E-state index < -0.39 is 11.6 Å². The third-order valence-corrected chi connectivity index (χ3v) is 7.53. The fraction of sp³-hybridized carbons (Fsp3) is 0.235. The van der Waals surface area contributed by atoms with Gasteiger partial charge in [0, 0.05) is 22.6 Å². The summed E-state index contributed by atoms with van der Waals surface area (Å²) in [6, 6.07) is 10.1. The monoisotopic (exact) mass is 504 g/mol. The molecule has 0 fully saturated rings. The summed E-state index contributed by atoms with van der Waals surface area (Å²) in [6.45, 7) is 9.16. The van der Waals surface area contributed by atoms with Crippen LogP contribution in [0, 0.1) is 5.41 Å². The Balaban J connectivity index is 1.67. The molecule has 0 bridgehead atoms. The van der Waals surface area contributed by atoms with Crippen LogP contribution in [0.2, 0.25) is 0 Å². The standard InChI is InChI=1S/C34H36N2O2/c1-25-14-12-13-22-34(30-18-11-10-17-29(25)30)26(2)24-28(21-23-37-32-20-9-5-8-19-31(32)34)38-33(36-35-3)27-15-6-4-7-16-27/h4-7,9-10,12,14-17,19-21,23-24,33,35-36H,1-2,8,11,13,18,22H2,3H3/b14-12-,23-21-,28-24+. The molecule has 3 aliphatic carbocycles. The van der Waals surface area contributed by atoms with Gasteiger partial charge >= 0.3 is 0 Å². The zero-order valence-corrected chi connectivity index (χ0v) is 22.1. The molecular weight excluding hydrogens is 468 g/mol. The Kier molecular flexibility index (Phi) is 7.92. The lowest BCUT2D eigenvalue weighted by Gasteiger charge is -2.43. The highest BCUT2D eigenvalue weighted by molar-refractivity contribution is 5.61. The fourth-order valence-corrected chi connectivity index (χ4v) is 5.76. The Morgan fingerprint density at radius 3 is 2.71 bits per heavy atom. The normalized spacial score (nSPS) is 26.9. The molecule has 0 saturated carbocycles. The van der Waals surface area contributed by atoms with E-state index in [2.05, 4.69) is 72.1 Å². The van der Waals surface area contributed by atoms with Crippen molar-refractivity contribution in [3.8, 4) is 0 Å². The van der Waals surface area contributed by atoms with Crippen LogP contribution >= 0.6 is 0 Å². The number of hydrogen-bond donors (Lipinski definition) is 2. The van der Waals surface area contributed by atoms with Crippen molar-refractivity contribution in [2.45, 2.75) is 38.3 Å². The van der Waals surface area contributed by atoms with Crippen LogP contribution in [-0.2, 0) is 9.47 Å². The van der Waals surface area contributed by atoms with Gasteiger partial charge in [-0.3, -0.25) is 5.43 Å². The van der Waals surface area contributed by atoms with Crippen LogP contribution in [0.3, 0.4) is 0 Å². The summed E-state index contributed by atoms with van der Waals surface area (Å²) in [4.78, 5) is 0. The highest BCUT2D eigenvalue weighted by atomic mass is 16.5. The second-order valence-corrected chi connectivity index (χ2v) is 9.81. The van der Waals surface area contributed by atoms with Crippen LogP contribution in [0.1, 0.15) is 43.9 Å². The average molecular weight is 505 g/mol. The molecule has 38 heavy (non-hydrogen) atoms. The molecule has 2 N–H and O–H groups in total. The molecule has 4 heteroatoms. The molecule has 2 atom stereocenters.